The summed E-state index contributed by atoms with van der Waals surface area (Å²) in [6.45, 7) is 3.93. The number of halogens is 1. The summed E-state index contributed by atoms with van der Waals surface area (Å²) in [7, 11) is -4.11. The summed E-state index contributed by atoms with van der Waals surface area (Å²) < 4.78 is 28.5. The van der Waals surface area contributed by atoms with Crippen molar-refractivity contribution in [2.75, 3.05) is 17.4 Å². The molecule has 0 spiro atoms. The lowest BCUT2D eigenvalue weighted by atomic mass is 10.1. The number of anilines is 1. The van der Waals surface area contributed by atoms with Crippen LogP contribution in [0, 0.1) is 0 Å². The number of amides is 2. The Morgan fingerprint density at radius 2 is 1.57 bits per heavy atom. The van der Waals surface area contributed by atoms with Crippen molar-refractivity contribution in [3.05, 3.63) is 95.5 Å². The van der Waals surface area contributed by atoms with E-state index in [4.69, 9.17) is 11.6 Å². The lowest BCUT2D eigenvalue weighted by molar-refractivity contribution is -0.140. The molecule has 0 radical (unpaired) electrons. The predicted molar refractivity (Wildman–Crippen MR) is 147 cm³/mol. The van der Waals surface area contributed by atoms with Gasteiger partial charge in [-0.2, -0.15) is 0 Å². The van der Waals surface area contributed by atoms with E-state index in [0.717, 1.165) is 16.3 Å². The van der Waals surface area contributed by atoms with E-state index < -0.39 is 28.5 Å². The van der Waals surface area contributed by atoms with E-state index in [0.29, 0.717) is 18.0 Å². The van der Waals surface area contributed by atoms with Gasteiger partial charge in [0, 0.05) is 18.1 Å². The highest BCUT2D eigenvalue weighted by Gasteiger charge is 2.33. The number of carbonyl (C=O) groups is 2. The van der Waals surface area contributed by atoms with Crippen LogP contribution in [0.4, 0.5) is 5.69 Å². The molecule has 37 heavy (non-hydrogen) atoms. The topological polar surface area (TPSA) is 86.8 Å². The maximum atomic E-state index is 13.9. The van der Waals surface area contributed by atoms with Crippen LogP contribution in [0.1, 0.15) is 32.3 Å². The summed E-state index contributed by atoms with van der Waals surface area (Å²) >= 11 is 6.18. The molecule has 0 aromatic heterocycles. The van der Waals surface area contributed by atoms with Gasteiger partial charge in [-0.15, -0.1) is 0 Å². The summed E-state index contributed by atoms with van der Waals surface area (Å²) in [4.78, 5) is 28.4. The van der Waals surface area contributed by atoms with Gasteiger partial charge in [0.15, 0.2) is 0 Å². The average Bonchev–Trinajstić information content (AvgIpc) is 2.91. The van der Waals surface area contributed by atoms with Gasteiger partial charge < -0.3 is 10.2 Å². The zero-order valence-electron chi connectivity index (χ0n) is 21.0. The number of carbonyl (C=O) groups excluding carboxylic acids is 2. The van der Waals surface area contributed by atoms with Gasteiger partial charge in [0.05, 0.1) is 10.6 Å². The summed E-state index contributed by atoms with van der Waals surface area (Å²) in [5.41, 5.74) is 1.09. The minimum Gasteiger partial charge on any atom is -0.354 e. The Kier molecular flexibility index (Phi) is 10.1. The van der Waals surface area contributed by atoms with Gasteiger partial charge in [0.25, 0.3) is 10.0 Å². The normalized spacial score (nSPS) is 12.0. The Hall–Kier alpha value is -3.36. The molecule has 0 bridgehead atoms. The molecule has 2 amide bonds. The molecule has 1 N–H and O–H groups in total. The first kappa shape index (κ1) is 28.2. The van der Waals surface area contributed by atoms with Crippen LogP contribution in [-0.4, -0.2) is 44.3 Å². The molecule has 7 nitrogen and oxygen atoms in total. The van der Waals surface area contributed by atoms with Gasteiger partial charge in [-0.25, -0.2) is 8.42 Å². The fourth-order valence-electron chi connectivity index (χ4n) is 3.95. The summed E-state index contributed by atoms with van der Waals surface area (Å²) in [5.74, 6) is -0.768. The number of benzene rings is 3. The number of hydrogen-bond acceptors (Lipinski definition) is 4. The van der Waals surface area contributed by atoms with E-state index in [9.17, 15) is 18.0 Å². The third-order valence-corrected chi connectivity index (χ3v) is 7.86. The maximum Gasteiger partial charge on any atom is 0.264 e. The molecule has 0 aliphatic rings. The van der Waals surface area contributed by atoms with E-state index in [2.05, 4.69) is 5.32 Å². The van der Waals surface area contributed by atoms with Gasteiger partial charge in [-0.1, -0.05) is 80.0 Å². The number of nitrogens with zero attached hydrogens (tertiary/aromatic N) is 2. The van der Waals surface area contributed by atoms with E-state index in [1.807, 2.05) is 44.2 Å². The molecule has 1 unspecified atom stereocenters. The zero-order chi connectivity index (χ0) is 26.8. The van der Waals surface area contributed by atoms with Crippen LogP contribution in [0.3, 0.4) is 0 Å². The Morgan fingerprint density at radius 1 is 0.919 bits per heavy atom. The molecule has 0 aliphatic heterocycles. The van der Waals surface area contributed by atoms with Gasteiger partial charge >= 0.3 is 0 Å². The van der Waals surface area contributed by atoms with E-state index >= 15 is 0 Å². The molecule has 0 saturated heterocycles. The molecule has 0 aliphatic carbocycles. The maximum absolute atomic E-state index is 13.9. The monoisotopic (exact) mass is 541 g/mol. The first-order valence-electron chi connectivity index (χ1n) is 12.2. The molecule has 3 aromatic carbocycles. The van der Waals surface area contributed by atoms with Crippen LogP contribution >= 0.6 is 11.6 Å². The third-order valence-electron chi connectivity index (χ3n) is 5.84. The van der Waals surface area contributed by atoms with Crippen molar-refractivity contribution in [1.82, 2.24) is 10.2 Å². The molecular formula is C28H32ClN3O4S. The standard InChI is InChI=1S/C28H32ClN3O4S/c1-3-18-30-28(34)26(4-2)31(20-22-12-7-5-8-13-22)27(33)21-32(24-15-11-14-23(29)19-24)37(35,36)25-16-9-6-10-17-25/h5-17,19,26H,3-4,18,20-21H2,1-2H3,(H,30,34). The van der Waals surface area contributed by atoms with Crippen LogP contribution in [0.25, 0.3) is 0 Å². The number of sulfonamides is 1. The Morgan fingerprint density at radius 3 is 2.16 bits per heavy atom. The molecule has 1 atom stereocenters. The molecule has 3 aromatic rings. The van der Waals surface area contributed by atoms with Crippen LogP contribution in [-0.2, 0) is 26.2 Å². The van der Waals surface area contributed by atoms with Crippen molar-refractivity contribution in [2.45, 2.75) is 44.2 Å². The van der Waals surface area contributed by atoms with Crippen LogP contribution in [0.15, 0.2) is 89.8 Å². The fourth-order valence-corrected chi connectivity index (χ4v) is 5.56. The predicted octanol–water partition coefficient (Wildman–Crippen LogP) is 4.87. The highest BCUT2D eigenvalue weighted by molar-refractivity contribution is 7.92. The molecule has 9 heteroatoms. The summed E-state index contributed by atoms with van der Waals surface area (Å²) in [6, 6.07) is 22.8. The zero-order valence-corrected chi connectivity index (χ0v) is 22.6. The second-order valence-electron chi connectivity index (χ2n) is 8.53. The smallest absolute Gasteiger partial charge is 0.264 e. The Bertz CT molecular complexity index is 1290. The number of hydrogen-bond donors (Lipinski definition) is 1. The third kappa shape index (κ3) is 7.33. The van der Waals surface area contributed by atoms with Gasteiger partial charge in [0.1, 0.15) is 12.6 Å². The highest BCUT2D eigenvalue weighted by Crippen LogP contribution is 2.27. The summed E-state index contributed by atoms with van der Waals surface area (Å²) in [6.07, 6.45) is 1.13. The lowest BCUT2D eigenvalue weighted by Gasteiger charge is -2.33. The van der Waals surface area contributed by atoms with Crippen molar-refractivity contribution in [3.63, 3.8) is 0 Å². The van der Waals surface area contributed by atoms with E-state index in [1.165, 1.54) is 23.1 Å². The molecule has 196 valence electrons. The molecule has 0 fully saturated rings. The second kappa shape index (κ2) is 13.3. The van der Waals surface area contributed by atoms with Crippen molar-refractivity contribution in [3.8, 4) is 0 Å². The van der Waals surface area contributed by atoms with Gasteiger partial charge in [-0.3, -0.25) is 13.9 Å². The minimum absolute atomic E-state index is 0.0464. The molecular weight excluding hydrogens is 510 g/mol. The van der Waals surface area contributed by atoms with Crippen molar-refractivity contribution < 1.29 is 18.0 Å². The fraction of sp³-hybridized carbons (Fsp3) is 0.286. The summed E-state index contributed by atoms with van der Waals surface area (Å²) in [5, 5.41) is 3.21. The second-order valence-corrected chi connectivity index (χ2v) is 10.8. The lowest BCUT2D eigenvalue weighted by Crippen LogP contribution is -2.52. The Labute approximate surface area is 224 Å². The highest BCUT2D eigenvalue weighted by atomic mass is 35.5. The van der Waals surface area contributed by atoms with Crippen molar-refractivity contribution in [1.29, 1.82) is 0 Å². The van der Waals surface area contributed by atoms with Crippen LogP contribution < -0.4 is 9.62 Å². The largest absolute Gasteiger partial charge is 0.354 e. The average molecular weight is 542 g/mol. The first-order chi connectivity index (χ1) is 17.8. The van der Waals surface area contributed by atoms with Gasteiger partial charge in [0.2, 0.25) is 11.8 Å². The Balaban J connectivity index is 2.03. The van der Waals surface area contributed by atoms with Crippen molar-refractivity contribution in [2.24, 2.45) is 0 Å². The minimum atomic E-state index is -4.11. The number of rotatable bonds is 12. The first-order valence-corrected chi connectivity index (χ1v) is 14.0. The van der Waals surface area contributed by atoms with Crippen LogP contribution in [0.5, 0.6) is 0 Å². The van der Waals surface area contributed by atoms with E-state index in [1.54, 1.807) is 36.4 Å². The van der Waals surface area contributed by atoms with E-state index in [-0.39, 0.29) is 23.0 Å². The van der Waals surface area contributed by atoms with Crippen molar-refractivity contribution >= 4 is 39.1 Å². The van der Waals surface area contributed by atoms with Gasteiger partial charge in [-0.05, 0) is 48.7 Å². The molecule has 0 saturated carbocycles. The quantitative estimate of drug-likeness (QED) is 0.354. The molecule has 0 heterocycles. The number of nitrogens with one attached hydrogen (secondary N) is 1. The molecule has 3 rings (SSSR count). The SMILES string of the molecule is CCCNC(=O)C(CC)N(Cc1ccccc1)C(=O)CN(c1cccc(Cl)c1)S(=O)(=O)c1ccccc1. The van der Waals surface area contributed by atoms with Crippen LogP contribution in [0.2, 0.25) is 5.02 Å².